The average molecular weight is 491 g/mol. The molecule has 1 aliphatic rings. The number of hydrogen-bond donors (Lipinski definition) is 1. The van der Waals surface area contributed by atoms with E-state index in [1.54, 1.807) is 23.9 Å². The fraction of sp³-hybridized carbons (Fsp3) is 0.480. The molecule has 1 saturated heterocycles. The second-order valence-electron chi connectivity index (χ2n) is 8.75. The van der Waals surface area contributed by atoms with Gasteiger partial charge < -0.3 is 10.1 Å². The van der Waals surface area contributed by atoms with Gasteiger partial charge in [-0.05, 0) is 67.3 Å². The minimum Gasteiger partial charge on any atom is -0.495 e. The molecule has 0 aromatic heterocycles. The van der Waals surface area contributed by atoms with Crippen LogP contribution < -0.4 is 10.1 Å². The van der Waals surface area contributed by atoms with Gasteiger partial charge in [0.2, 0.25) is 15.9 Å². The number of hydrogen-bond acceptors (Lipinski definition) is 5. The zero-order chi connectivity index (χ0) is 24.2. The van der Waals surface area contributed by atoms with Crippen molar-refractivity contribution in [2.45, 2.75) is 55.4 Å². The third-order valence-corrected chi connectivity index (χ3v) is 8.93. The van der Waals surface area contributed by atoms with Crippen LogP contribution >= 0.6 is 11.8 Å². The largest absolute Gasteiger partial charge is 0.495 e. The van der Waals surface area contributed by atoms with E-state index in [2.05, 4.69) is 17.4 Å². The summed E-state index contributed by atoms with van der Waals surface area (Å²) < 4.78 is 33.6. The number of benzene rings is 2. The summed E-state index contributed by atoms with van der Waals surface area (Å²) in [5.41, 5.74) is 2.00. The maximum Gasteiger partial charge on any atom is 0.246 e. The standard InChI is InChI=1S/C25H34N2O4S2/c1-17(2)21-8-11-23(31-4)24(16-21)33(29,30)27-14-12-20(13-15-27)25(28)26-18(3)19-6-9-22(32-5)10-7-19/h6-11,16-18,20H,12-15H2,1-5H3,(H,26,28). The normalized spacial score (nSPS) is 16.5. The van der Waals surface area contributed by atoms with E-state index in [1.165, 1.54) is 16.3 Å². The minimum atomic E-state index is -3.71. The van der Waals surface area contributed by atoms with Gasteiger partial charge in [-0.15, -0.1) is 11.8 Å². The van der Waals surface area contributed by atoms with Crippen LogP contribution in [0, 0.1) is 5.92 Å². The molecule has 180 valence electrons. The van der Waals surface area contributed by atoms with Gasteiger partial charge in [-0.1, -0.05) is 32.0 Å². The Labute approximate surface area is 202 Å². The lowest BCUT2D eigenvalue weighted by atomic mass is 9.96. The smallest absolute Gasteiger partial charge is 0.246 e. The van der Waals surface area contributed by atoms with Gasteiger partial charge in [0.05, 0.1) is 13.2 Å². The van der Waals surface area contributed by atoms with Crippen LogP contribution in [0.2, 0.25) is 0 Å². The van der Waals surface area contributed by atoms with Crippen LogP contribution in [-0.4, -0.2) is 45.1 Å². The van der Waals surface area contributed by atoms with Gasteiger partial charge in [0, 0.05) is 23.9 Å². The van der Waals surface area contributed by atoms with Crippen molar-refractivity contribution in [2.75, 3.05) is 26.5 Å². The predicted molar refractivity (Wildman–Crippen MR) is 133 cm³/mol. The number of methoxy groups -OCH3 is 1. The number of piperidine rings is 1. The fourth-order valence-corrected chi connectivity index (χ4v) is 6.13. The van der Waals surface area contributed by atoms with E-state index in [1.807, 2.05) is 45.2 Å². The number of carbonyl (C=O) groups is 1. The third kappa shape index (κ3) is 5.91. The van der Waals surface area contributed by atoms with Gasteiger partial charge in [-0.2, -0.15) is 4.31 Å². The van der Waals surface area contributed by atoms with Crippen molar-refractivity contribution in [3.63, 3.8) is 0 Å². The molecular formula is C25H34N2O4S2. The van der Waals surface area contributed by atoms with Crippen molar-refractivity contribution >= 4 is 27.7 Å². The highest BCUT2D eigenvalue weighted by atomic mass is 32.2. The molecule has 1 N–H and O–H groups in total. The maximum atomic E-state index is 13.4. The lowest BCUT2D eigenvalue weighted by Gasteiger charge is -2.31. The number of amides is 1. The number of nitrogens with zero attached hydrogens (tertiary/aromatic N) is 1. The summed E-state index contributed by atoms with van der Waals surface area (Å²) in [6, 6.07) is 13.4. The molecule has 1 atom stereocenters. The lowest BCUT2D eigenvalue weighted by molar-refractivity contribution is -0.126. The highest BCUT2D eigenvalue weighted by Crippen LogP contribution is 2.32. The molecular weight excluding hydrogens is 456 g/mol. The van der Waals surface area contributed by atoms with Gasteiger partial charge in [0.1, 0.15) is 10.6 Å². The van der Waals surface area contributed by atoms with E-state index < -0.39 is 10.0 Å². The van der Waals surface area contributed by atoms with E-state index in [9.17, 15) is 13.2 Å². The van der Waals surface area contributed by atoms with Crippen molar-refractivity contribution in [1.29, 1.82) is 0 Å². The maximum absolute atomic E-state index is 13.4. The van der Waals surface area contributed by atoms with Crippen LogP contribution in [0.5, 0.6) is 5.75 Å². The highest BCUT2D eigenvalue weighted by molar-refractivity contribution is 7.98. The first-order valence-electron chi connectivity index (χ1n) is 11.3. The van der Waals surface area contributed by atoms with Crippen LogP contribution in [0.25, 0.3) is 0 Å². The molecule has 0 spiro atoms. The Bertz CT molecular complexity index is 1060. The van der Waals surface area contributed by atoms with Gasteiger partial charge in [-0.3, -0.25) is 4.79 Å². The summed E-state index contributed by atoms with van der Waals surface area (Å²) in [6.07, 6.45) is 3.02. The van der Waals surface area contributed by atoms with Crippen LogP contribution in [0.1, 0.15) is 56.7 Å². The Morgan fingerprint density at radius 2 is 1.67 bits per heavy atom. The number of sulfonamides is 1. The van der Waals surface area contributed by atoms with Crippen LogP contribution in [-0.2, 0) is 14.8 Å². The molecule has 33 heavy (non-hydrogen) atoms. The molecule has 2 aromatic carbocycles. The summed E-state index contributed by atoms with van der Waals surface area (Å²) in [6.45, 7) is 6.65. The molecule has 1 aliphatic heterocycles. The zero-order valence-electron chi connectivity index (χ0n) is 20.0. The summed E-state index contributed by atoms with van der Waals surface area (Å²) in [4.78, 5) is 14.2. The van der Waals surface area contributed by atoms with Crippen molar-refractivity contribution in [1.82, 2.24) is 9.62 Å². The Morgan fingerprint density at radius 1 is 1.06 bits per heavy atom. The van der Waals surface area contributed by atoms with E-state index in [0.717, 1.165) is 11.1 Å². The van der Waals surface area contributed by atoms with E-state index >= 15 is 0 Å². The second kappa shape index (κ2) is 10.9. The summed E-state index contributed by atoms with van der Waals surface area (Å²) in [7, 11) is -2.23. The molecule has 1 unspecified atom stereocenters. The molecule has 1 fully saturated rings. The molecule has 6 nitrogen and oxygen atoms in total. The third-order valence-electron chi connectivity index (χ3n) is 6.27. The minimum absolute atomic E-state index is 0.0205. The lowest BCUT2D eigenvalue weighted by Crippen LogP contribution is -2.43. The van der Waals surface area contributed by atoms with Crippen molar-refractivity contribution in [2.24, 2.45) is 5.92 Å². The van der Waals surface area contributed by atoms with E-state index in [-0.39, 0.29) is 28.7 Å². The topological polar surface area (TPSA) is 75.7 Å². The Kier molecular flexibility index (Phi) is 8.48. The molecule has 2 aromatic rings. The molecule has 0 aliphatic carbocycles. The van der Waals surface area contributed by atoms with Gasteiger partial charge in [-0.25, -0.2) is 8.42 Å². The van der Waals surface area contributed by atoms with E-state index in [0.29, 0.717) is 31.7 Å². The monoisotopic (exact) mass is 490 g/mol. The molecule has 8 heteroatoms. The SMILES string of the molecule is COc1ccc(C(C)C)cc1S(=O)(=O)N1CCC(C(=O)NC(C)c2ccc(SC)cc2)CC1. The fourth-order valence-electron chi connectivity index (χ4n) is 4.06. The number of ether oxygens (including phenoxy) is 1. The molecule has 1 heterocycles. The first-order chi connectivity index (χ1) is 15.7. The van der Waals surface area contributed by atoms with Crippen molar-refractivity contribution in [3.8, 4) is 5.75 Å². The van der Waals surface area contributed by atoms with Crippen molar-refractivity contribution in [3.05, 3.63) is 53.6 Å². The summed E-state index contributed by atoms with van der Waals surface area (Å²) in [5, 5.41) is 3.09. The first kappa shape index (κ1) is 25.6. The Morgan fingerprint density at radius 3 is 2.21 bits per heavy atom. The van der Waals surface area contributed by atoms with Crippen molar-refractivity contribution < 1.29 is 17.9 Å². The van der Waals surface area contributed by atoms with Gasteiger partial charge >= 0.3 is 0 Å². The van der Waals surface area contributed by atoms with Crippen LogP contribution in [0.3, 0.4) is 0 Å². The van der Waals surface area contributed by atoms with Gasteiger partial charge in [0.25, 0.3) is 0 Å². The molecule has 1 amide bonds. The number of thioether (sulfide) groups is 1. The summed E-state index contributed by atoms with van der Waals surface area (Å²) >= 11 is 1.68. The van der Waals surface area contributed by atoms with Crippen LogP contribution in [0.15, 0.2) is 52.3 Å². The van der Waals surface area contributed by atoms with Crippen LogP contribution in [0.4, 0.5) is 0 Å². The quantitative estimate of drug-likeness (QED) is 0.537. The molecule has 0 radical (unpaired) electrons. The Balaban J connectivity index is 1.65. The predicted octanol–water partition coefficient (Wildman–Crippen LogP) is 4.82. The zero-order valence-corrected chi connectivity index (χ0v) is 21.6. The van der Waals surface area contributed by atoms with Gasteiger partial charge in [0.15, 0.2) is 0 Å². The highest BCUT2D eigenvalue weighted by Gasteiger charge is 2.34. The number of carbonyl (C=O) groups excluding carboxylic acids is 1. The number of rotatable bonds is 8. The molecule has 0 bridgehead atoms. The Hall–Kier alpha value is -2.03. The number of nitrogens with one attached hydrogen (secondary N) is 1. The first-order valence-corrected chi connectivity index (χ1v) is 14.0. The molecule has 0 saturated carbocycles. The average Bonchev–Trinajstić information content (AvgIpc) is 2.83. The molecule has 3 rings (SSSR count). The summed E-state index contributed by atoms with van der Waals surface area (Å²) in [5.74, 6) is 0.333. The second-order valence-corrected chi connectivity index (χ2v) is 11.5. The van der Waals surface area contributed by atoms with E-state index in [4.69, 9.17) is 4.74 Å².